The lowest BCUT2D eigenvalue weighted by molar-refractivity contribution is -0.123. The van der Waals surface area contributed by atoms with E-state index in [0.717, 1.165) is 16.8 Å². The van der Waals surface area contributed by atoms with Gasteiger partial charge in [-0.2, -0.15) is 4.31 Å². The van der Waals surface area contributed by atoms with Crippen LogP contribution in [0.15, 0.2) is 18.2 Å². The smallest absolute Gasteiger partial charge is 0.229 e. The highest BCUT2D eigenvalue weighted by molar-refractivity contribution is 7.89. The lowest BCUT2D eigenvalue weighted by Gasteiger charge is -2.28. The Kier molecular flexibility index (Phi) is 4.63. The molecule has 1 aromatic rings. The predicted octanol–water partition coefficient (Wildman–Crippen LogP) is 2.38. The molecule has 5 nitrogen and oxygen atoms in total. The van der Waals surface area contributed by atoms with Gasteiger partial charge in [-0.3, -0.25) is 4.79 Å². The van der Waals surface area contributed by atoms with Crippen LogP contribution >= 0.6 is 0 Å². The third kappa shape index (κ3) is 3.67. The number of fused-ring (bicyclic) bond motifs is 1. The fraction of sp³-hybridized carbons (Fsp3) is 0.562. The number of anilines is 1. The van der Waals surface area contributed by atoms with Crippen molar-refractivity contribution in [3.05, 3.63) is 29.3 Å². The van der Waals surface area contributed by atoms with E-state index in [4.69, 9.17) is 0 Å². The first-order valence-corrected chi connectivity index (χ1v) is 9.15. The predicted molar refractivity (Wildman–Crippen MR) is 88.1 cm³/mol. The summed E-state index contributed by atoms with van der Waals surface area (Å²) in [4.78, 5) is 12.1. The van der Waals surface area contributed by atoms with E-state index in [1.54, 1.807) is 6.92 Å². The summed E-state index contributed by atoms with van der Waals surface area (Å²) in [5.41, 5.74) is 2.37. The molecule has 0 unspecified atom stereocenters. The normalized spacial score (nSPS) is 16.2. The van der Waals surface area contributed by atoms with E-state index in [-0.39, 0.29) is 11.7 Å². The zero-order valence-electron chi connectivity index (χ0n) is 13.6. The average Bonchev–Trinajstić information content (AvgIpc) is 2.45. The van der Waals surface area contributed by atoms with Gasteiger partial charge >= 0.3 is 0 Å². The lowest BCUT2D eigenvalue weighted by Crippen LogP contribution is -2.37. The van der Waals surface area contributed by atoms with Crippen LogP contribution in [-0.4, -0.2) is 30.9 Å². The molecule has 1 heterocycles. The van der Waals surface area contributed by atoms with Crippen molar-refractivity contribution < 1.29 is 13.2 Å². The second kappa shape index (κ2) is 6.01. The number of amides is 1. The van der Waals surface area contributed by atoms with Gasteiger partial charge in [0.25, 0.3) is 0 Å². The minimum Gasteiger partial charge on any atom is -0.326 e. The highest BCUT2D eigenvalue weighted by atomic mass is 32.2. The van der Waals surface area contributed by atoms with Gasteiger partial charge in [0.1, 0.15) is 0 Å². The lowest BCUT2D eigenvalue weighted by atomic mass is 9.95. The Bertz CT molecular complexity index is 675. The SMILES string of the molecule is CCS(=O)(=O)N1CCc2ccc(NC(=O)C(C)(C)C)cc2C1. The molecule has 2 rings (SSSR count). The highest BCUT2D eigenvalue weighted by Crippen LogP contribution is 2.25. The van der Waals surface area contributed by atoms with Gasteiger partial charge in [-0.15, -0.1) is 0 Å². The highest BCUT2D eigenvalue weighted by Gasteiger charge is 2.26. The maximum Gasteiger partial charge on any atom is 0.229 e. The molecule has 0 aromatic heterocycles. The Morgan fingerprint density at radius 1 is 1.27 bits per heavy atom. The van der Waals surface area contributed by atoms with Crippen molar-refractivity contribution in [2.24, 2.45) is 5.41 Å². The van der Waals surface area contributed by atoms with E-state index in [1.165, 1.54) is 4.31 Å². The first-order chi connectivity index (χ1) is 10.1. The van der Waals surface area contributed by atoms with E-state index in [9.17, 15) is 13.2 Å². The summed E-state index contributed by atoms with van der Waals surface area (Å²) in [5, 5.41) is 2.89. The Hall–Kier alpha value is -1.40. The Morgan fingerprint density at radius 2 is 1.95 bits per heavy atom. The number of nitrogens with one attached hydrogen (secondary N) is 1. The summed E-state index contributed by atoms with van der Waals surface area (Å²) in [5.74, 6) is 0.0595. The van der Waals surface area contributed by atoms with Crippen molar-refractivity contribution >= 4 is 21.6 Å². The van der Waals surface area contributed by atoms with E-state index >= 15 is 0 Å². The second-order valence-electron chi connectivity index (χ2n) is 6.67. The topological polar surface area (TPSA) is 66.5 Å². The van der Waals surface area contributed by atoms with Gasteiger partial charge in [0, 0.05) is 24.2 Å². The molecule has 22 heavy (non-hydrogen) atoms. The molecular formula is C16H24N2O3S. The molecule has 0 radical (unpaired) electrons. The van der Waals surface area contributed by atoms with Crippen molar-refractivity contribution in [3.8, 4) is 0 Å². The van der Waals surface area contributed by atoms with Gasteiger partial charge in [0.15, 0.2) is 0 Å². The molecule has 1 aliphatic rings. The fourth-order valence-electron chi connectivity index (χ4n) is 2.35. The summed E-state index contributed by atoms with van der Waals surface area (Å²) in [7, 11) is -3.18. The third-order valence-corrected chi connectivity index (χ3v) is 5.71. The van der Waals surface area contributed by atoms with Crippen LogP contribution in [-0.2, 0) is 27.8 Å². The molecule has 0 saturated carbocycles. The van der Waals surface area contributed by atoms with Crippen LogP contribution in [0.4, 0.5) is 5.69 Å². The molecule has 1 aliphatic heterocycles. The van der Waals surface area contributed by atoms with Gasteiger partial charge in [-0.25, -0.2) is 8.42 Å². The van der Waals surface area contributed by atoms with Gasteiger partial charge in [-0.1, -0.05) is 26.8 Å². The van der Waals surface area contributed by atoms with Crippen LogP contribution in [0, 0.1) is 5.41 Å². The zero-order chi connectivity index (χ0) is 16.5. The van der Waals surface area contributed by atoms with Crippen LogP contribution in [0.2, 0.25) is 0 Å². The Morgan fingerprint density at radius 3 is 2.55 bits per heavy atom. The summed E-state index contributed by atoms with van der Waals surface area (Å²) in [6.45, 7) is 8.13. The first-order valence-electron chi connectivity index (χ1n) is 7.54. The van der Waals surface area contributed by atoms with Crippen molar-refractivity contribution in [1.82, 2.24) is 4.31 Å². The van der Waals surface area contributed by atoms with Crippen LogP contribution in [0.1, 0.15) is 38.8 Å². The van der Waals surface area contributed by atoms with E-state index < -0.39 is 15.4 Å². The molecular weight excluding hydrogens is 300 g/mol. The standard InChI is InChI=1S/C16H24N2O3S/c1-5-22(20,21)18-9-8-12-6-7-14(10-13(12)11-18)17-15(19)16(2,3)4/h6-7,10H,5,8-9,11H2,1-4H3,(H,17,19). The number of nitrogens with zero attached hydrogens (tertiary/aromatic N) is 1. The minimum absolute atomic E-state index is 0.0544. The van der Waals surface area contributed by atoms with Gasteiger partial charge in [0.05, 0.1) is 5.75 Å². The van der Waals surface area contributed by atoms with Crippen molar-refractivity contribution in [2.75, 3.05) is 17.6 Å². The van der Waals surface area contributed by atoms with Crippen LogP contribution < -0.4 is 5.32 Å². The third-order valence-electron chi connectivity index (χ3n) is 3.88. The van der Waals surface area contributed by atoms with Crippen LogP contribution in [0.5, 0.6) is 0 Å². The fourth-order valence-corrected chi connectivity index (χ4v) is 3.42. The van der Waals surface area contributed by atoms with Gasteiger partial charge in [0.2, 0.25) is 15.9 Å². The summed E-state index contributed by atoms with van der Waals surface area (Å²) >= 11 is 0. The maximum absolute atomic E-state index is 12.1. The second-order valence-corrected chi connectivity index (χ2v) is 8.93. The first kappa shape index (κ1) is 17.0. The molecule has 1 aromatic carbocycles. The van der Waals surface area contributed by atoms with E-state index in [0.29, 0.717) is 19.5 Å². The summed E-state index contributed by atoms with van der Waals surface area (Å²) in [6, 6.07) is 5.74. The molecule has 1 N–H and O–H groups in total. The van der Waals surface area contributed by atoms with E-state index in [1.807, 2.05) is 39.0 Å². The molecule has 0 atom stereocenters. The van der Waals surface area contributed by atoms with E-state index in [2.05, 4.69) is 5.32 Å². The molecule has 0 aliphatic carbocycles. The zero-order valence-corrected chi connectivity index (χ0v) is 14.5. The van der Waals surface area contributed by atoms with Crippen molar-refractivity contribution in [1.29, 1.82) is 0 Å². The minimum atomic E-state index is -3.18. The molecule has 0 fully saturated rings. The molecule has 1 amide bonds. The quantitative estimate of drug-likeness (QED) is 0.928. The summed E-state index contributed by atoms with van der Waals surface area (Å²) < 4.78 is 25.5. The Labute approximate surface area is 132 Å². The number of carbonyl (C=O) groups excluding carboxylic acids is 1. The van der Waals surface area contributed by atoms with Gasteiger partial charge in [-0.05, 0) is 36.6 Å². The molecule has 6 heteroatoms. The van der Waals surface area contributed by atoms with Crippen LogP contribution in [0.3, 0.4) is 0 Å². The summed E-state index contributed by atoms with van der Waals surface area (Å²) in [6.07, 6.45) is 0.710. The number of hydrogen-bond donors (Lipinski definition) is 1. The van der Waals surface area contributed by atoms with Crippen molar-refractivity contribution in [3.63, 3.8) is 0 Å². The molecule has 0 saturated heterocycles. The number of rotatable bonds is 3. The number of carbonyl (C=O) groups is 1. The number of hydrogen-bond acceptors (Lipinski definition) is 3. The number of sulfonamides is 1. The van der Waals surface area contributed by atoms with Crippen molar-refractivity contribution in [2.45, 2.75) is 40.7 Å². The largest absolute Gasteiger partial charge is 0.326 e. The Balaban J connectivity index is 2.21. The molecule has 0 bridgehead atoms. The number of benzene rings is 1. The van der Waals surface area contributed by atoms with Crippen LogP contribution in [0.25, 0.3) is 0 Å². The molecule has 0 spiro atoms. The monoisotopic (exact) mass is 324 g/mol. The average molecular weight is 324 g/mol. The maximum atomic E-state index is 12.1. The molecule has 122 valence electrons. The van der Waals surface area contributed by atoms with Gasteiger partial charge < -0.3 is 5.32 Å².